The molecule has 0 radical (unpaired) electrons. The number of fused-ring (bicyclic) bond motifs is 1. The standard InChI is InChI=1S/C21H19N5O3/c1-28-17-9-7-16(8-10-17)21(27)22-13-14-29-19-12-11-18-23-24-20(26(18)25-19)15-5-3-2-4-6-15/h2-12H,13-14H2,1H3,(H,22,27). The van der Waals surface area contributed by atoms with Gasteiger partial charge in [-0.05, 0) is 30.3 Å². The summed E-state index contributed by atoms with van der Waals surface area (Å²) in [7, 11) is 1.58. The molecule has 0 saturated carbocycles. The van der Waals surface area contributed by atoms with Gasteiger partial charge in [0.05, 0.1) is 13.7 Å². The van der Waals surface area contributed by atoms with Crippen LogP contribution in [0.15, 0.2) is 66.7 Å². The van der Waals surface area contributed by atoms with E-state index in [2.05, 4.69) is 20.6 Å². The molecule has 0 atom stereocenters. The molecule has 8 nitrogen and oxygen atoms in total. The molecule has 8 heteroatoms. The van der Waals surface area contributed by atoms with Crippen LogP contribution in [0.5, 0.6) is 11.6 Å². The Kier molecular flexibility index (Phi) is 5.33. The van der Waals surface area contributed by atoms with Gasteiger partial charge in [-0.25, -0.2) is 0 Å². The van der Waals surface area contributed by atoms with Crippen molar-refractivity contribution in [2.75, 3.05) is 20.3 Å². The molecule has 2 aromatic heterocycles. The van der Waals surface area contributed by atoms with Crippen LogP contribution in [0, 0.1) is 0 Å². The number of carbonyl (C=O) groups excluding carboxylic acids is 1. The Labute approximate surface area is 167 Å². The van der Waals surface area contributed by atoms with Crippen molar-refractivity contribution in [2.24, 2.45) is 0 Å². The molecule has 0 aliphatic carbocycles. The van der Waals surface area contributed by atoms with E-state index in [9.17, 15) is 4.79 Å². The Hall–Kier alpha value is -3.94. The van der Waals surface area contributed by atoms with Crippen LogP contribution in [0.25, 0.3) is 17.0 Å². The molecule has 4 rings (SSSR count). The molecular formula is C21H19N5O3. The van der Waals surface area contributed by atoms with Crippen LogP contribution in [-0.4, -0.2) is 46.0 Å². The second-order valence-electron chi connectivity index (χ2n) is 6.16. The molecule has 1 amide bonds. The van der Waals surface area contributed by atoms with E-state index >= 15 is 0 Å². The van der Waals surface area contributed by atoms with Crippen molar-refractivity contribution >= 4 is 11.6 Å². The predicted molar refractivity (Wildman–Crippen MR) is 107 cm³/mol. The number of rotatable bonds is 7. The van der Waals surface area contributed by atoms with Crippen LogP contribution in [0.2, 0.25) is 0 Å². The first-order chi connectivity index (χ1) is 14.2. The fourth-order valence-electron chi connectivity index (χ4n) is 2.78. The average molecular weight is 389 g/mol. The Morgan fingerprint density at radius 1 is 1.00 bits per heavy atom. The van der Waals surface area contributed by atoms with Crippen LogP contribution in [0.1, 0.15) is 10.4 Å². The third kappa shape index (κ3) is 4.16. The van der Waals surface area contributed by atoms with Gasteiger partial charge >= 0.3 is 0 Å². The van der Waals surface area contributed by atoms with Crippen LogP contribution >= 0.6 is 0 Å². The highest BCUT2D eigenvalue weighted by Gasteiger charge is 2.10. The largest absolute Gasteiger partial charge is 0.497 e. The molecule has 0 aliphatic rings. The van der Waals surface area contributed by atoms with Crippen LogP contribution in [0.4, 0.5) is 0 Å². The first-order valence-electron chi connectivity index (χ1n) is 9.07. The molecule has 0 aliphatic heterocycles. The topological polar surface area (TPSA) is 90.6 Å². The van der Waals surface area contributed by atoms with E-state index in [1.165, 1.54) is 0 Å². The van der Waals surface area contributed by atoms with E-state index in [0.717, 1.165) is 5.56 Å². The molecule has 4 aromatic rings. The van der Waals surface area contributed by atoms with E-state index in [0.29, 0.717) is 35.2 Å². The quantitative estimate of drug-likeness (QED) is 0.489. The van der Waals surface area contributed by atoms with Gasteiger partial charge in [-0.1, -0.05) is 30.3 Å². The van der Waals surface area contributed by atoms with Crippen LogP contribution in [-0.2, 0) is 0 Å². The molecule has 0 bridgehead atoms. The van der Waals surface area contributed by atoms with Crippen LogP contribution < -0.4 is 14.8 Å². The van der Waals surface area contributed by atoms with Crippen molar-refractivity contribution in [1.29, 1.82) is 0 Å². The molecule has 2 heterocycles. The number of nitrogens with zero attached hydrogens (tertiary/aromatic N) is 4. The summed E-state index contributed by atoms with van der Waals surface area (Å²) in [5, 5.41) is 15.6. The second-order valence-corrected chi connectivity index (χ2v) is 6.16. The average Bonchev–Trinajstić information content (AvgIpc) is 3.20. The number of carbonyl (C=O) groups is 1. The number of ether oxygens (including phenoxy) is 2. The zero-order valence-corrected chi connectivity index (χ0v) is 15.8. The number of aromatic nitrogens is 4. The van der Waals surface area contributed by atoms with Crippen molar-refractivity contribution in [3.8, 4) is 23.0 Å². The predicted octanol–water partition coefficient (Wildman–Crippen LogP) is 2.61. The maximum atomic E-state index is 12.2. The van der Waals surface area contributed by atoms with Gasteiger partial charge in [-0.15, -0.1) is 15.3 Å². The summed E-state index contributed by atoms with van der Waals surface area (Å²) in [6.07, 6.45) is 0. The summed E-state index contributed by atoms with van der Waals surface area (Å²) in [5.74, 6) is 1.59. The van der Waals surface area contributed by atoms with Gasteiger partial charge in [-0.2, -0.15) is 4.52 Å². The highest BCUT2D eigenvalue weighted by atomic mass is 16.5. The minimum atomic E-state index is -0.176. The number of amides is 1. The van der Waals surface area contributed by atoms with E-state index < -0.39 is 0 Å². The van der Waals surface area contributed by atoms with E-state index in [-0.39, 0.29) is 12.5 Å². The lowest BCUT2D eigenvalue weighted by Gasteiger charge is -2.08. The van der Waals surface area contributed by atoms with Gasteiger partial charge < -0.3 is 14.8 Å². The molecule has 0 fully saturated rings. The number of benzene rings is 2. The fourth-order valence-corrected chi connectivity index (χ4v) is 2.78. The normalized spacial score (nSPS) is 10.7. The third-order valence-corrected chi connectivity index (χ3v) is 4.26. The zero-order chi connectivity index (χ0) is 20.1. The molecule has 29 heavy (non-hydrogen) atoms. The molecular weight excluding hydrogens is 370 g/mol. The lowest BCUT2D eigenvalue weighted by atomic mass is 10.2. The summed E-state index contributed by atoms with van der Waals surface area (Å²) >= 11 is 0. The highest BCUT2D eigenvalue weighted by molar-refractivity contribution is 5.94. The van der Waals surface area contributed by atoms with Gasteiger partial charge in [0.25, 0.3) is 5.91 Å². The Bertz CT molecular complexity index is 1110. The van der Waals surface area contributed by atoms with Crippen molar-refractivity contribution < 1.29 is 14.3 Å². The lowest BCUT2D eigenvalue weighted by molar-refractivity contribution is 0.0946. The number of nitrogens with one attached hydrogen (secondary N) is 1. The van der Waals surface area contributed by atoms with E-state index in [1.54, 1.807) is 48.0 Å². The number of hydrogen-bond acceptors (Lipinski definition) is 6. The smallest absolute Gasteiger partial charge is 0.251 e. The first kappa shape index (κ1) is 18.4. The van der Waals surface area contributed by atoms with Gasteiger partial charge in [-0.3, -0.25) is 4.79 Å². The Morgan fingerprint density at radius 3 is 2.55 bits per heavy atom. The van der Waals surface area contributed by atoms with Crippen molar-refractivity contribution in [1.82, 2.24) is 25.1 Å². The summed E-state index contributed by atoms with van der Waals surface area (Å²) in [5.41, 5.74) is 2.10. The van der Waals surface area contributed by atoms with Crippen LogP contribution in [0.3, 0.4) is 0 Å². The first-order valence-corrected chi connectivity index (χ1v) is 9.07. The zero-order valence-electron chi connectivity index (χ0n) is 15.8. The van der Waals surface area contributed by atoms with E-state index in [1.807, 2.05) is 30.3 Å². The number of methoxy groups -OCH3 is 1. The fraction of sp³-hybridized carbons (Fsp3) is 0.143. The van der Waals surface area contributed by atoms with Gasteiger partial charge in [0.2, 0.25) is 5.88 Å². The monoisotopic (exact) mass is 389 g/mol. The third-order valence-electron chi connectivity index (χ3n) is 4.26. The summed E-state index contributed by atoms with van der Waals surface area (Å²) < 4.78 is 12.4. The number of hydrogen-bond donors (Lipinski definition) is 1. The SMILES string of the molecule is COc1ccc(C(=O)NCCOc2ccc3nnc(-c4ccccc4)n3n2)cc1. The molecule has 1 N–H and O–H groups in total. The Morgan fingerprint density at radius 2 is 1.79 bits per heavy atom. The van der Waals surface area contributed by atoms with Gasteiger partial charge in [0, 0.05) is 17.2 Å². The summed E-state index contributed by atoms with van der Waals surface area (Å²) in [4.78, 5) is 12.2. The molecule has 2 aromatic carbocycles. The Balaban J connectivity index is 1.36. The molecule has 146 valence electrons. The molecule has 0 saturated heterocycles. The second kappa shape index (κ2) is 8.39. The molecule has 0 spiro atoms. The maximum Gasteiger partial charge on any atom is 0.251 e. The highest BCUT2D eigenvalue weighted by Crippen LogP contribution is 2.18. The maximum absolute atomic E-state index is 12.2. The van der Waals surface area contributed by atoms with E-state index in [4.69, 9.17) is 9.47 Å². The lowest BCUT2D eigenvalue weighted by Crippen LogP contribution is -2.28. The summed E-state index contributed by atoms with van der Waals surface area (Å²) in [6, 6.07) is 20.1. The minimum absolute atomic E-state index is 0.176. The van der Waals surface area contributed by atoms with Crippen molar-refractivity contribution in [3.63, 3.8) is 0 Å². The van der Waals surface area contributed by atoms with Crippen molar-refractivity contribution in [3.05, 3.63) is 72.3 Å². The van der Waals surface area contributed by atoms with Gasteiger partial charge in [0.1, 0.15) is 12.4 Å². The molecule has 0 unspecified atom stereocenters. The van der Waals surface area contributed by atoms with Crippen molar-refractivity contribution in [2.45, 2.75) is 0 Å². The minimum Gasteiger partial charge on any atom is -0.497 e. The van der Waals surface area contributed by atoms with Gasteiger partial charge in [0.15, 0.2) is 11.5 Å². The summed E-state index contributed by atoms with van der Waals surface area (Å²) in [6.45, 7) is 0.626.